The molecule has 2 fully saturated rings. The average molecular weight is 624 g/mol. The van der Waals surface area contributed by atoms with Crippen molar-refractivity contribution in [2.45, 2.75) is 25.9 Å². The number of aromatic nitrogens is 5. The number of aliphatic hydroxyl groups excluding tert-OH is 1. The number of hydrogen-bond acceptors (Lipinski definition) is 9. The number of pyridine rings is 1. The van der Waals surface area contributed by atoms with E-state index < -0.39 is 6.10 Å². The fourth-order valence-corrected chi connectivity index (χ4v) is 6.65. The minimum absolute atomic E-state index is 0.00682. The Bertz CT molecular complexity index is 1920. The molecule has 0 spiro atoms. The van der Waals surface area contributed by atoms with Crippen LogP contribution in [0.25, 0.3) is 28.0 Å². The second kappa shape index (κ2) is 11.5. The van der Waals surface area contributed by atoms with Crippen LogP contribution in [-0.4, -0.2) is 84.6 Å². The summed E-state index contributed by atoms with van der Waals surface area (Å²) in [5.74, 6) is 1.55. The number of benzene rings is 1. The van der Waals surface area contributed by atoms with Gasteiger partial charge in [0.25, 0.3) is 0 Å². The number of halogens is 1. The molecule has 0 unspecified atom stereocenters. The van der Waals surface area contributed by atoms with Gasteiger partial charge in [0.2, 0.25) is 0 Å². The molecule has 13 heteroatoms. The summed E-state index contributed by atoms with van der Waals surface area (Å²) in [4.78, 5) is 37.1. The highest BCUT2D eigenvalue weighted by Crippen LogP contribution is 2.37. The standard InChI is InChI=1S/C32H30FN9O2S/c1-3-25-30(39(2)31-38-29(26(11-34)45-31)20-4-7-23(33)8-5-20)42-16-21(6-9-28(42)37-25)22-12-35-27(36-13-22)10-19-14-40(15-19)32(44)41-17-24(43)18-41/h4-9,12-13,16,19,24,43H,3,10,14-15,17-18H2,1-2H3. The van der Waals surface area contributed by atoms with Crippen molar-refractivity contribution in [1.82, 2.24) is 34.1 Å². The summed E-state index contributed by atoms with van der Waals surface area (Å²) in [6.45, 7) is 4.22. The van der Waals surface area contributed by atoms with Gasteiger partial charge in [-0.2, -0.15) is 5.26 Å². The Balaban J connectivity index is 1.10. The van der Waals surface area contributed by atoms with Crippen molar-refractivity contribution in [2.75, 3.05) is 38.1 Å². The molecule has 2 saturated heterocycles. The summed E-state index contributed by atoms with van der Waals surface area (Å²) < 4.78 is 15.5. The molecule has 0 aliphatic carbocycles. The number of hydrogen-bond donors (Lipinski definition) is 1. The summed E-state index contributed by atoms with van der Waals surface area (Å²) in [5, 5.41) is 19.9. The van der Waals surface area contributed by atoms with Crippen LogP contribution in [0.2, 0.25) is 0 Å². The number of carbonyl (C=O) groups is 1. The lowest BCUT2D eigenvalue weighted by Gasteiger charge is -2.45. The number of anilines is 2. The fourth-order valence-electron chi connectivity index (χ4n) is 5.80. The number of β-amino-alcohol motifs (C(OH)–C–C–N with tert-alkyl or cyclic N) is 1. The highest BCUT2D eigenvalue weighted by Gasteiger charge is 2.38. The van der Waals surface area contributed by atoms with Crippen molar-refractivity contribution >= 4 is 34.0 Å². The van der Waals surface area contributed by atoms with E-state index in [1.807, 2.05) is 54.0 Å². The van der Waals surface area contributed by atoms with Gasteiger partial charge >= 0.3 is 6.03 Å². The van der Waals surface area contributed by atoms with Gasteiger partial charge in [0.1, 0.15) is 39.7 Å². The van der Waals surface area contributed by atoms with Crippen LogP contribution in [0.3, 0.4) is 0 Å². The number of imidazole rings is 1. The first-order chi connectivity index (χ1) is 21.8. The molecule has 2 amide bonds. The van der Waals surface area contributed by atoms with Crippen LogP contribution in [0, 0.1) is 23.1 Å². The zero-order valence-corrected chi connectivity index (χ0v) is 25.6. The average Bonchev–Trinajstić information content (AvgIpc) is 3.62. The Hall–Kier alpha value is -4.93. The summed E-state index contributed by atoms with van der Waals surface area (Å²) in [6.07, 6.45) is 6.64. The third-order valence-corrected chi connectivity index (χ3v) is 9.34. The summed E-state index contributed by atoms with van der Waals surface area (Å²) in [6, 6.07) is 12.2. The molecule has 228 valence electrons. The van der Waals surface area contributed by atoms with Gasteiger partial charge < -0.3 is 19.8 Å². The van der Waals surface area contributed by atoms with Gasteiger partial charge in [-0.05, 0) is 42.8 Å². The summed E-state index contributed by atoms with van der Waals surface area (Å²) in [5.41, 5.74) is 4.65. The second-order valence-corrected chi connectivity index (χ2v) is 12.4. The smallest absolute Gasteiger partial charge is 0.320 e. The lowest BCUT2D eigenvalue weighted by Crippen LogP contribution is -2.62. The maximum atomic E-state index is 13.5. The van der Waals surface area contributed by atoms with E-state index >= 15 is 0 Å². The van der Waals surface area contributed by atoms with Gasteiger partial charge in [-0.1, -0.05) is 18.3 Å². The highest BCUT2D eigenvalue weighted by molar-refractivity contribution is 7.16. The van der Waals surface area contributed by atoms with Crippen molar-refractivity contribution in [1.29, 1.82) is 5.26 Å². The predicted octanol–water partition coefficient (Wildman–Crippen LogP) is 4.53. The number of aliphatic hydroxyl groups is 1. The number of aryl methyl sites for hydroxylation is 1. The molecule has 0 atom stereocenters. The van der Waals surface area contributed by atoms with E-state index in [2.05, 4.69) is 16.0 Å². The summed E-state index contributed by atoms with van der Waals surface area (Å²) in [7, 11) is 1.91. The first-order valence-electron chi connectivity index (χ1n) is 14.8. The molecule has 7 rings (SSSR count). The highest BCUT2D eigenvalue weighted by atomic mass is 32.1. The molecule has 0 saturated carbocycles. The Morgan fingerprint density at radius 1 is 1.04 bits per heavy atom. The lowest BCUT2D eigenvalue weighted by molar-refractivity contribution is 0.00153. The quantitative estimate of drug-likeness (QED) is 0.280. The van der Waals surface area contributed by atoms with E-state index in [4.69, 9.17) is 9.97 Å². The molecular formula is C32H30FN9O2S. The molecule has 0 bridgehead atoms. The first kappa shape index (κ1) is 28.8. The van der Waals surface area contributed by atoms with Crippen LogP contribution in [0.5, 0.6) is 0 Å². The normalized spacial score (nSPS) is 15.2. The van der Waals surface area contributed by atoms with Crippen LogP contribution in [0.4, 0.5) is 20.1 Å². The first-order valence-corrected chi connectivity index (χ1v) is 15.6. The number of nitrogens with zero attached hydrogens (tertiary/aromatic N) is 9. The molecule has 0 radical (unpaired) electrons. The topological polar surface area (TPSA) is 127 Å². The summed E-state index contributed by atoms with van der Waals surface area (Å²) >= 11 is 1.28. The van der Waals surface area contributed by atoms with E-state index in [1.165, 1.54) is 23.5 Å². The van der Waals surface area contributed by atoms with Crippen LogP contribution in [0.15, 0.2) is 55.0 Å². The Morgan fingerprint density at radius 3 is 2.40 bits per heavy atom. The number of amides is 2. The Kier molecular flexibility index (Phi) is 7.39. The minimum Gasteiger partial charge on any atom is -0.389 e. The number of rotatable bonds is 7. The van der Waals surface area contributed by atoms with Crippen LogP contribution < -0.4 is 4.90 Å². The molecule has 1 aromatic carbocycles. The number of nitriles is 1. The fraction of sp³-hybridized carbons (Fsp3) is 0.312. The molecule has 4 aromatic heterocycles. The van der Waals surface area contributed by atoms with Crippen LogP contribution in [0.1, 0.15) is 23.3 Å². The zero-order chi connectivity index (χ0) is 31.2. The third-order valence-electron chi connectivity index (χ3n) is 8.31. The number of fused-ring (bicyclic) bond motifs is 1. The monoisotopic (exact) mass is 623 g/mol. The number of thiazole rings is 1. The molecule has 2 aliphatic heterocycles. The van der Waals surface area contributed by atoms with Gasteiger partial charge in [-0.25, -0.2) is 29.1 Å². The third kappa shape index (κ3) is 5.36. The Labute approximate surface area is 262 Å². The maximum absolute atomic E-state index is 13.5. The van der Waals surface area contributed by atoms with Crippen molar-refractivity contribution in [2.24, 2.45) is 5.92 Å². The molecule has 1 N–H and O–H groups in total. The van der Waals surface area contributed by atoms with Gasteiger partial charge in [0, 0.05) is 67.8 Å². The maximum Gasteiger partial charge on any atom is 0.320 e. The SMILES string of the molecule is CCc1nc2ccc(-c3cnc(CC4CN(C(=O)N5CC(O)C5)C4)nc3)cn2c1N(C)c1nc(-c2ccc(F)cc2)c(C#N)s1. The van der Waals surface area contributed by atoms with Crippen molar-refractivity contribution < 1.29 is 14.3 Å². The van der Waals surface area contributed by atoms with E-state index in [-0.39, 0.29) is 11.8 Å². The van der Waals surface area contributed by atoms with Gasteiger partial charge in [-0.15, -0.1) is 0 Å². The van der Waals surface area contributed by atoms with Crippen LogP contribution >= 0.6 is 11.3 Å². The second-order valence-electron chi connectivity index (χ2n) is 11.4. The van der Waals surface area contributed by atoms with E-state index in [9.17, 15) is 19.6 Å². The molecule has 45 heavy (non-hydrogen) atoms. The van der Waals surface area contributed by atoms with Crippen LogP contribution in [-0.2, 0) is 12.8 Å². The molecule has 2 aliphatic rings. The number of likely N-dealkylation sites (tertiary alicyclic amines) is 2. The van der Waals surface area contributed by atoms with E-state index in [0.717, 1.165) is 34.1 Å². The predicted molar refractivity (Wildman–Crippen MR) is 168 cm³/mol. The van der Waals surface area contributed by atoms with E-state index in [0.29, 0.717) is 66.2 Å². The van der Waals surface area contributed by atoms with Crippen molar-refractivity contribution in [3.8, 4) is 28.5 Å². The molecule has 5 aromatic rings. The van der Waals surface area contributed by atoms with E-state index in [1.54, 1.807) is 21.9 Å². The van der Waals surface area contributed by atoms with Gasteiger partial charge in [0.15, 0.2) is 5.13 Å². The molecule has 11 nitrogen and oxygen atoms in total. The minimum atomic E-state index is -0.397. The largest absolute Gasteiger partial charge is 0.389 e. The van der Waals surface area contributed by atoms with Crippen molar-refractivity contribution in [3.63, 3.8) is 0 Å². The lowest BCUT2D eigenvalue weighted by atomic mass is 9.96. The zero-order valence-electron chi connectivity index (χ0n) is 24.8. The molecule has 6 heterocycles. The van der Waals surface area contributed by atoms with Crippen molar-refractivity contribution in [3.05, 3.63) is 77.2 Å². The number of urea groups is 1. The Morgan fingerprint density at radius 2 is 1.73 bits per heavy atom. The molecular weight excluding hydrogens is 593 g/mol. The van der Waals surface area contributed by atoms with Gasteiger partial charge in [0.05, 0.1) is 24.9 Å². The van der Waals surface area contributed by atoms with Gasteiger partial charge in [-0.3, -0.25) is 4.40 Å². The number of carbonyl (C=O) groups excluding carboxylic acids is 1.